The minimum absolute atomic E-state index is 0.113. The maximum atomic E-state index is 12.9. The molecule has 2 rings (SSSR count). The number of nitrogens with one attached hydrogen (secondary N) is 2. The maximum Gasteiger partial charge on any atom is 0.433 e. The fraction of sp³-hybridized carbons (Fsp3) is 0.0833. The highest BCUT2D eigenvalue weighted by Crippen LogP contribution is 2.31. The van der Waals surface area contributed by atoms with Gasteiger partial charge in [0, 0.05) is 10.0 Å². The lowest BCUT2D eigenvalue weighted by Crippen LogP contribution is -2.35. The van der Waals surface area contributed by atoms with Gasteiger partial charge in [0.25, 0.3) is 0 Å². The van der Waals surface area contributed by atoms with Crippen LogP contribution in [0.4, 0.5) is 19.1 Å². The van der Waals surface area contributed by atoms with Gasteiger partial charge in [0.05, 0.1) is 5.69 Å². The van der Waals surface area contributed by atoms with Gasteiger partial charge in [-0.15, -0.1) is 0 Å². The fourth-order valence-electron chi connectivity index (χ4n) is 1.53. The summed E-state index contributed by atoms with van der Waals surface area (Å²) < 4.78 is 39.6. The molecule has 0 saturated carbocycles. The molecule has 0 spiro atoms. The molecule has 22 heavy (non-hydrogen) atoms. The molecule has 0 bridgehead atoms. The zero-order valence-electron chi connectivity index (χ0n) is 10.8. The Bertz CT molecular complexity index is 690. The van der Waals surface area contributed by atoms with Crippen LogP contribution in [0.1, 0.15) is 5.69 Å². The summed E-state index contributed by atoms with van der Waals surface area (Å²) in [5.41, 5.74) is 9.37. The van der Waals surface area contributed by atoms with Gasteiger partial charge in [-0.3, -0.25) is 10.9 Å². The van der Waals surface area contributed by atoms with E-state index in [2.05, 4.69) is 49.0 Å². The van der Waals surface area contributed by atoms with Gasteiger partial charge in [-0.05, 0) is 30.4 Å². The largest absolute Gasteiger partial charge is 0.433 e. The van der Waals surface area contributed by atoms with Crippen molar-refractivity contribution >= 4 is 39.2 Å². The number of thiocarbonyl (C=S) groups is 1. The Kier molecular flexibility index (Phi) is 4.81. The second-order valence-electron chi connectivity index (χ2n) is 4.08. The van der Waals surface area contributed by atoms with E-state index in [0.29, 0.717) is 5.56 Å². The first-order valence-corrected chi connectivity index (χ1v) is 6.99. The van der Waals surface area contributed by atoms with E-state index in [4.69, 9.17) is 5.73 Å². The van der Waals surface area contributed by atoms with Crippen LogP contribution in [0.25, 0.3) is 11.3 Å². The van der Waals surface area contributed by atoms with Gasteiger partial charge in [-0.1, -0.05) is 28.1 Å². The number of nitrogens with two attached hydrogens (primary N) is 1. The molecule has 1 aromatic heterocycles. The molecule has 0 aliphatic heterocycles. The normalized spacial score (nSPS) is 11.1. The van der Waals surface area contributed by atoms with Gasteiger partial charge < -0.3 is 5.73 Å². The highest BCUT2D eigenvalue weighted by molar-refractivity contribution is 9.10. The van der Waals surface area contributed by atoms with Crippen molar-refractivity contribution in [2.75, 3.05) is 5.43 Å². The number of halogens is 4. The average molecular weight is 392 g/mol. The smallest absolute Gasteiger partial charge is 0.375 e. The molecule has 0 atom stereocenters. The summed E-state index contributed by atoms with van der Waals surface area (Å²) in [7, 11) is 0. The number of hydrogen-bond acceptors (Lipinski definition) is 4. The lowest BCUT2D eigenvalue weighted by atomic mass is 10.1. The van der Waals surface area contributed by atoms with Crippen LogP contribution in [0.2, 0.25) is 0 Å². The fourth-order valence-corrected chi connectivity index (χ4v) is 1.85. The molecule has 0 unspecified atom stereocenters. The van der Waals surface area contributed by atoms with Crippen molar-refractivity contribution in [1.29, 1.82) is 0 Å². The highest BCUT2D eigenvalue weighted by Gasteiger charge is 2.33. The average Bonchev–Trinajstić information content (AvgIpc) is 2.44. The van der Waals surface area contributed by atoms with E-state index < -0.39 is 11.9 Å². The molecule has 4 N–H and O–H groups in total. The molecule has 0 saturated heterocycles. The third-order valence-electron chi connectivity index (χ3n) is 2.45. The van der Waals surface area contributed by atoms with Gasteiger partial charge in [-0.25, -0.2) is 9.97 Å². The molecule has 1 heterocycles. The molecular formula is C12H9BrF3N5S. The second-order valence-corrected chi connectivity index (χ2v) is 5.44. The van der Waals surface area contributed by atoms with Crippen molar-refractivity contribution in [3.8, 4) is 11.3 Å². The van der Waals surface area contributed by atoms with Crippen molar-refractivity contribution < 1.29 is 13.2 Å². The van der Waals surface area contributed by atoms with Crippen molar-refractivity contribution in [2.45, 2.75) is 6.18 Å². The van der Waals surface area contributed by atoms with Crippen LogP contribution >= 0.6 is 28.1 Å². The molecule has 0 amide bonds. The van der Waals surface area contributed by atoms with Crippen molar-refractivity contribution in [2.24, 2.45) is 5.73 Å². The number of hydrogen-bond donors (Lipinski definition) is 3. The standard InChI is InChI=1S/C12H9BrF3N5S/c13-7-3-1-6(2-4-7)8-5-9(12(14,15)16)19-11(18-8)21-20-10(17)22/h1-5H,(H3,17,20,22)(H,18,19,21). The first-order valence-electron chi connectivity index (χ1n) is 5.79. The molecule has 0 aliphatic carbocycles. The molecule has 10 heteroatoms. The van der Waals surface area contributed by atoms with E-state index in [1.807, 2.05) is 0 Å². The third-order valence-corrected chi connectivity index (χ3v) is 3.08. The molecular weight excluding hydrogens is 383 g/mol. The van der Waals surface area contributed by atoms with Crippen molar-refractivity contribution in [3.05, 3.63) is 40.5 Å². The Morgan fingerprint density at radius 2 is 1.82 bits per heavy atom. The molecule has 116 valence electrons. The first-order chi connectivity index (χ1) is 10.3. The topological polar surface area (TPSA) is 75.9 Å². The lowest BCUT2D eigenvalue weighted by Gasteiger charge is -2.12. The predicted octanol–water partition coefficient (Wildman–Crippen LogP) is 3.09. The highest BCUT2D eigenvalue weighted by atomic mass is 79.9. The van der Waals surface area contributed by atoms with Gasteiger partial charge in [-0.2, -0.15) is 13.2 Å². The summed E-state index contributed by atoms with van der Waals surface area (Å²) in [4.78, 5) is 7.39. The zero-order chi connectivity index (χ0) is 16.3. The van der Waals surface area contributed by atoms with Crippen LogP contribution in [0, 0.1) is 0 Å². The van der Waals surface area contributed by atoms with E-state index in [9.17, 15) is 13.2 Å². The maximum absolute atomic E-state index is 12.9. The van der Waals surface area contributed by atoms with Crippen molar-refractivity contribution in [3.63, 3.8) is 0 Å². The molecule has 1 aromatic carbocycles. The van der Waals surface area contributed by atoms with Crippen LogP contribution in [-0.2, 0) is 6.18 Å². The Morgan fingerprint density at radius 1 is 1.18 bits per heavy atom. The van der Waals surface area contributed by atoms with Crippen molar-refractivity contribution in [1.82, 2.24) is 15.4 Å². The summed E-state index contributed by atoms with van der Waals surface area (Å²) in [6.07, 6.45) is -4.60. The van der Waals surface area contributed by atoms with E-state index in [1.54, 1.807) is 24.3 Å². The molecule has 0 fully saturated rings. The Morgan fingerprint density at radius 3 is 2.36 bits per heavy atom. The Hall–Kier alpha value is -1.94. The molecule has 0 aliphatic rings. The third kappa shape index (κ3) is 4.28. The second kappa shape index (κ2) is 6.44. The number of aromatic nitrogens is 2. The Balaban J connectivity index is 2.45. The van der Waals surface area contributed by atoms with Crippen LogP contribution in [0.5, 0.6) is 0 Å². The van der Waals surface area contributed by atoms with E-state index >= 15 is 0 Å². The summed E-state index contributed by atoms with van der Waals surface area (Å²) in [5.74, 6) is -0.291. The number of benzene rings is 1. The lowest BCUT2D eigenvalue weighted by molar-refractivity contribution is -0.141. The van der Waals surface area contributed by atoms with Gasteiger partial charge in [0.2, 0.25) is 5.95 Å². The summed E-state index contributed by atoms with van der Waals surface area (Å²) in [6, 6.07) is 7.54. The SMILES string of the molecule is NC(=S)NNc1nc(-c2ccc(Br)cc2)cc(C(F)(F)F)n1. The summed E-state index contributed by atoms with van der Waals surface area (Å²) in [5, 5.41) is -0.147. The van der Waals surface area contributed by atoms with E-state index in [0.717, 1.165) is 10.5 Å². The minimum Gasteiger partial charge on any atom is -0.375 e. The first kappa shape index (κ1) is 16.4. The van der Waals surface area contributed by atoms with Crippen LogP contribution in [0.15, 0.2) is 34.8 Å². The summed E-state index contributed by atoms with van der Waals surface area (Å²) in [6.45, 7) is 0. The zero-order valence-corrected chi connectivity index (χ0v) is 13.2. The monoisotopic (exact) mass is 391 g/mol. The number of rotatable bonds is 3. The van der Waals surface area contributed by atoms with E-state index in [1.165, 1.54) is 0 Å². The van der Waals surface area contributed by atoms with Gasteiger partial charge in [0.15, 0.2) is 10.8 Å². The van der Waals surface area contributed by atoms with Crippen LogP contribution in [-0.4, -0.2) is 15.1 Å². The number of nitrogens with zero attached hydrogens (tertiary/aromatic N) is 2. The van der Waals surface area contributed by atoms with Gasteiger partial charge in [0.1, 0.15) is 0 Å². The van der Waals surface area contributed by atoms with Crippen LogP contribution < -0.4 is 16.6 Å². The Labute approximate surface area is 137 Å². The molecule has 0 radical (unpaired) electrons. The predicted molar refractivity (Wildman–Crippen MR) is 83.7 cm³/mol. The summed E-state index contributed by atoms with van der Waals surface area (Å²) >= 11 is 7.82. The van der Waals surface area contributed by atoms with E-state index in [-0.39, 0.29) is 16.8 Å². The molecule has 5 nitrogen and oxygen atoms in total. The van der Waals surface area contributed by atoms with Gasteiger partial charge >= 0.3 is 6.18 Å². The van der Waals surface area contributed by atoms with Crippen LogP contribution in [0.3, 0.4) is 0 Å². The number of alkyl halides is 3. The quantitative estimate of drug-likeness (QED) is 0.551. The molecule has 2 aromatic rings. The number of hydrazine groups is 1. The minimum atomic E-state index is -4.60. The number of anilines is 1.